The molecule has 0 spiro atoms. The van der Waals surface area contributed by atoms with Crippen molar-refractivity contribution in [1.29, 1.82) is 0 Å². The number of likely N-dealkylation sites (N-methyl/N-ethyl adjacent to an activating group) is 1. The molecule has 0 aliphatic heterocycles. The van der Waals surface area contributed by atoms with Crippen LogP contribution in [0.5, 0.6) is 0 Å². The fourth-order valence-electron chi connectivity index (χ4n) is 0.930. The summed E-state index contributed by atoms with van der Waals surface area (Å²) in [5, 5.41) is 8.70. The molecule has 4 nitrogen and oxygen atoms in total. The van der Waals surface area contributed by atoms with Crippen molar-refractivity contribution in [1.82, 2.24) is 4.31 Å². The molecule has 0 aliphatic rings. The number of hydrogen-bond acceptors (Lipinski definition) is 4. The highest BCUT2D eigenvalue weighted by Gasteiger charge is 2.24. The van der Waals surface area contributed by atoms with Crippen LogP contribution in [-0.2, 0) is 10.0 Å². The molecule has 1 N–H and O–H groups in total. The van der Waals surface area contributed by atoms with Crippen molar-refractivity contribution < 1.29 is 13.5 Å². The Morgan fingerprint density at radius 1 is 1.53 bits per heavy atom. The molecule has 1 rings (SSSR count). The Kier molecular flexibility index (Phi) is 4.75. The van der Waals surface area contributed by atoms with Crippen molar-refractivity contribution in [3.63, 3.8) is 0 Å². The number of rotatable bonds is 4. The number of aliphatic hydroxyl groups is 1. The molecule has 1 aromatic rings. The molecule has 0 atom stereocenters. The largest absolute Gasteiger partial charge is 0.395 e. The van der Waals surface area contributed by atoms with E-state index in [1.807, 2.05) is 0 Å². The third-order valence-electron chi connectivity index (χ3n) is 1.73. The van der Waals surface area contributed by atoms with Crippen molar-refractivity contribution in [2.45, 2.75) is 4.90 Å². The fourth-order valence-corrected chi connectivity index (χ4v) is 5.85. The van der Waals surface area contributed by atoms with Crippen LogP contribution in [0.3, 0.4) is 0 Å². The van der Waals surface area contributed by atoms with Gasteiger partial charge in [-0.2, -0.15) is 4.31 Å². The maximum Gasteiger partial charge on any atom is 0.244 e. The van der Waals surface area contributed by atoms with E-state index in [2.05, 4.69) is 31.9 Å². The third-order valence-corrected chi connectivity index (χ3v) is 6.34. The van der Waals surface area contributed by atoms with Gasteiger partial charge in [0.1, 0.15) is 4.90 Å². The molecule has 1 heterocycles. The molecule has 0 aromatic carbocycles. The Labute approximate surface area is 109 Å². The highest BCUT2D eigenvalue weighted by molar-refractivity contribution is 9.12. The maximum absolute atomic E-state index is 11.9. The molecule has 0 amide bonds. The Morgan fingerprint density at radius 3 is 2.53 bits per heavy atom. The van der Waals surface area contributed by atoms with Crippen LogP contribution in [0.4, 0.5) is 0 Å². The Hall–Kier alpha value is 0.530. The number of hydrogen-bond donors (Lipinski definition) is 1. The van der Waals surface area contributed by atoms with Gasteiger partial charge in [-0.3, -0.25) is 0 Å². The van der Waals surface area contributed by atoms with E-state index in [1.54, 1.807) is 0 Å². The lowest BCUT2D eigenvalue weighted by atomic mass is 10.7. The van der Waals surface area contributed by atoms with Crippen molar-refractivity contribution in [3.05, 3.63) is 13.6 Å². The fraction of sp³-hybridized carbons (Fsp3) is 0.429. The molecule has 0 aliphatic carbocycles. The maximum atomic E-state index is 11.9. The SMILES string of the molecule is CN(CCO)S(=O)(=O)c1cc(Br)sc1Br. The summed E-state index contributed by atoms with van der Waals surface area (Å²) in [5.74, 6) is 0. The van der Waals surface area contributed by atoms with Gasteiger partial charge in [-0.25, -0.2) is 8.42 Å². The summed E-state index contributed by atoms with van der Waals surface area (Å²) in [6.07, 6.45) is 0. The molecule has 0 unspecified atom stereocenters. The minimum atomic E-state index is -3.50. The van der Waals surface area contributed by atoms with Gasteiger partial charge in [0.15, 0.2) is 0 Å². The van der Waals surface area contributed by atoms with Gasteiger partial charge in [0.25, 0.3) is 0 Å². The van der Waals surface area contributed by atoms with Crippen molar-refractivity contribution in [3.8, 4) is 0 Å². The minimum absolute atomic E-state index is 0.0856. The predicted molar refractivity (Wildman–Crippen MR) is 66.6 cm³/mol. The summed E-state index contributed by atoms with van der Waals surface area (Å²) in [7, 11) is -2.07. The van der Waals surface area contributed by atoms with E-state index in [1.165, 1.54) is 24.5 Å². The molecule has 15 heavy (non-hydrogen) atoms. The first-order chi connectivity index (χ1) is 6.89. The van der Waals surface area contributed by atoms with Crippen LogP contribution in [0.25, 0.3) is 0 Å². The van der Waals surface area contributed by atoms with E-state index in [0.717, 1.165) is 8.09 Å². The second kappa shape index (κ2) is 5.24. The van der Waals surface area contributed by atoms with E-state index < -0.39 is 10.0 Å². The quantitative estimate of drug-likeness (QED) is 0.870. The summed E-state index contributed by atoms with van der Waals surface area (Å²) in [6.45, 7) is -0.110. The van der Waals surface area contributed by atoms with Gasteiger partial charge >= 0.3 is 0 Å². The van der Waals surface area contributed by atoms with Crippen LogP contribution < -0.4 is 0 Å². The minimum Gasteiger partial charge on any atom is -0.395 e. The highest BCUT2D eigenvalue weighted by atomic mass is 79.9. The number of thiophene rings is 1. The van der Waals surface area contributed by atoms with Crippen LogP contribution in [0.15, 0.2) is 18.5 Å². The third kappa shape index (κ3) is 3.01. The van der Waals surface area contributed by atoms with Crippen molar-refractivity contribution in [2.24, 2.45) is 0 Å². The summed E-state index contributed by atoms with van der Waals surface area (Å²) in [4.78, 5) is 0.218. The van der Waals surface area contributed by atoms with E-state index in [4.69, 9.17) is 5.11 Å². The Bertz CT molecular complexity index is 443. The molecule has 0 saturated carbocycles. The monoisotopic (exact) mass is 377 g/mol. The molecule has 0 radical (unpaired) electrons. The van der Waals surface area contributed by atoms with Gasteiger partial charge in [0.2, 0.25) is 10.0 Å². The highest BCUT2D eigenvalue weighted by Crippen LogP contribution is 2.35. The number of nitrogens with zero attached hydrogens (tertiary/aromatic N) is 1. The smallest absolute Gasteiger partial charge is 0.244 e. The molecule has 0 fully saturated rings. The first-order valence-electron chi connectivity index (χ1n) is 3.91. The molecule has 86 valence electrons. The van der Waals surface area contributed by atoms with Gasteiger partial charge in [-0.1, -0.05) is 0 Å². The van der Waals surface area contributed by atoms with E-state index in [9.17, 15) is 8.42 Å². The lowest BCUT2D eigenvalue weighted by Crippen LogP contribution is -2.29. The topological polar surface area (TPSA) is 57.6 Å². The summed E-state index contributed by atoms with van der Waals surface area (Å²) < 4.78 is 26.3. The van der Waals surface area contributed by atoms with E-state index >= 15 is 0 Å². The second-order valence-electron chi connectivity index (χ2n) is 2.74. The van der Waals surface area contributed by atoms with Gasteiger partial charge in [0, 0.05) is 13.6 Å². The Morgan fingerprint density at radius 2 is 2.13 bits per heavy atom. The van der Waals surface area contributed by atoms with Crippen LogP contribution in [-0.4, -0.2) is 38.0 Å². The lowest BCUT2D eigenvalue weighted by Gasteiger charge is -2.14. The van der Waals surface area contributed by atoms with Crippen LogP contribution >= 0.6 is 43.2 Å². The van der Waals surface area contributed by atoms with Crippen LogP contribution in [0.2, 0.25) is 0 Å². The molecule has 1 aromatic heterocycles. The molecule has 8 heteroatoms. The molecule has 0 saturated heterocycles. The lowest BCUT2D eigenvalue weighted by molar-refractivity contribution is 0.266. The second-order valence-corrected chi connectivity index (χ2v) is 8.50. The van der Waals surface area contributed by atoms with Crippen molar-refractivity contribution >= 4 is 53.2 Å². The number of aliphatic hydroxyl groups excluding tert-OH is 1. The van der Waals surface area contributed by atoms with Gasteiger partial charge in [-0.05, 0) is 37.9 Å². The zero-order valence-corrected chi connectivity index (χ0v) is 12.6. The average Bonchev–Trinajstić information content (AvgIpc) is 2.46. The predicted octanol–water partition coefficient (Wildman–Crippen LogP) is 1.89. The average molecular weight is 379 g/mol. The standard InChI is InChI=1S/C7H9Br2NO3S2/c1-10(2-3-11)15(12,13)5-4-6(8)14-7(5)9/h4,11H,2-3H2,1H3. The van der Waals surface area contributed by atoms with Crippen LogP contribution in [0.1, 0.15) is 0 Å². The van der Waals surface area contributed by atoms with Crippen LogP contribution in [0, 0.1) is 0 Å². The van der Waals surface area contributed by atoms with Gasteiger partial charge in [0.05, 0.1) is 14.2 Å². The van der Waals surface area contributed by atoms with Gasteiger partial charge < -0.3 is 5.11 Å². The number of halogens is 2. The summed E-state index contributed by atoms with van der Waals surface area (Å²) >= 11 is 7.71. The summed E-state index contributed by atoms with van der Waals surface area (Å²) in [6, 6.07) is 1.54. The number of sulfonamides is 1. The molecular formula is C7H9Br2NO3S2. The Balaban J connectivity index is 3.11. The first kappa shape index (κ1) is 13.6. The van der Waals surface area contributed by atoms with Crippen molar-refractivity contribution in [2.75, 3.05) is 20.2 Å². The van der Waals surface area contributed by atoms with E-state index in [-0.39, 0.29) is 18.0 Å². The zero-order chi connectivity index (χ0) is 11.6. The molecular weight excluding hydrogens is 370 g/mol. The molecule has 0 bridgehead atoms. The summed E-state index contributed by atoms with van der Waals surface area (Å²) in [5.41, 5.74) is 0. The van der Waals surface area contributed by atoms with Gasteiger partial charge in [-0.15, -0.1) is 11.3 Å². The van der Waals surface area contributed by atoms with E-state index in [0.29, 0.717) is 3.79 Å². The first-order valence-corrected chi connectivity index (χ1v) is 7.76. The normalized spacial score (nSPS) is 12.3. The zero-order valence-electron chi connectivity index (χ0n) is 7.77.